The number of amides is 3. The first-order valence-electron chi connectivity index (χ1n) is 10.4. The molecule has 0 spiro atoms. The molecule has 0 unspecified atom stereocenters. The van der Waals surface area contributed by atoms with E-state index in [4.69, 9.17) is 11.6 Å². The van der Waals surface area contributed by atoms with Gasteiger partial charge in [0.15, 0.2) is 0 Å². The fourth-order valence-electron chi connectivity index (χ4n) is 3.39. The first kappa shape index (κ1) is 24.1. The van der Waals surface area contributed by atoms with Crippen molar-refractivity contribution in [2.45, 2.75) is 23.6 Å². The van der Waals surface area contributed by atoms with Gasteiger partial charge in [0.1, 0.15) is 6.54 Å². The fourth-order valence-corrected chi connectivity index (χ4v) is 5.17. The summed E-state index contributed by atoms with van der Waals surface area (Å²) in [6, 6.07) is 21.0. The number of nitrogens with zero attached hydrogens (tertiary/aromatic N) is 1. The van der Waals surface area contributed by atoms with E-state index in [1.807, 2.05) is 80.6 Å². The summed E-state index contributed by atoms with van der Waals surface area (Å²) in [7, 11) is 0. The molecule has 3 aromatic rings. The lowest BCUT2D eigenvalue weighted by atomic mass is 10.1. The Balaban J connectivity index is 1.41. The Hall–Kier alpha value is -3.00. The van der Waals surface area contributed by atoms with Crippen molar-refractivity contribution in [2.75, 3.05) is 11.9 Å². The van der Waals surface area contributed by atoms with Crippen molar-refractivity contribution in [1.29, 1.82) is 0 Å². The van der Waals surface area contributed by atoms with Gasteiger partial charge in [0.05, 0.1) is 4.91 Å². The molecular weight excluding hydrogens is 488 g/mol. The number of nitrogens with one attached hydrogen (secondary N) is 1. The van der Waals surface area contributed by atoms with Gasteiger partial charge in [-0.15, -0.1) is 0 Å². The SMILES string of the molecule is Cc1cccc(C)c1NC(=O)CN1C(=O)S/C(=C\c2ccc(Sc3ccc(Cl)cc3)cc2)C1=O. The van der Waals surface area contributed by atoms with Gasteiger partial charge in [0.25, 0.3) is 11.1 Å². The highest BCUT2D eigenvalue weighted by Crippen LogP contribution is 2.33. The van der Waals surface area contributed by atoms with Gasteiger partial charge >= 0.3 is 0 Å². The molecule has 0 atom stereocenters. The van der Waals surface area contributed by atoms with Gasteiger partial charge in [-0.2, -0.15) is 0 Å². The number of imide groups is 1. The van der Waals surface area contributed by atoms with Crippen molar-refractivity contribution in [3.05, 3.63) is 93.3 Å². The molecule has 34 heavy (non-hydrogen) atoms. The van der Waals surface area contributed by atoms with E-state index in [0.717, 1.165) is 43.1 Å². The molecule has 0 aromatic heterocycles. The van der Waals surface area contributed by atoms with Gasteiger partial charge < -0.3 is 5.32 Å². The van der Waals surface area contributed by atoms with Crippen molar-refractivity contribution in [3.63, 3.8) is 0 Å². The Morgan fingerprint density at radius 3 is 2.18 bits per heavy atom. The Labute approximate surface area is 211 Å². The number of halogens is 1. The molecule has 0 saturated carbocycles. The van der Waals surface area contributed by atoms with Crippen molar-refractivity contribution in [1.82, 2.24) is 4.90 Å². The molecule has 1 aliphatic rings. The summed E-state index contributed by atoms with van der Waals surface area (Å²) in [5, 5.41) is 3.05. The number of rotatable bonds is 6. The van der Waals surface area contributed by atoms with Crippen molar-refractivity contribution >= 4 is 63.9 Å². The summed E-state index contributed by atoms with van der Waals surface area (Å²) in [4.78, 5) is 41.1. The van der Waals surface area contributed by atoms with Gasteiger partial charge in [-0.25, -0.2) is 0 Å². The second-order valence-electron chi connectivity index (χ2n) is 7.71. The summed E-state index contributed by atoms with van der Waals surface area (Å²) in [6.07, 6.45) is 1.67. The predicted octanol–water partition coefficient (Wildman–Crippen LogP) is 6.78. The maximum atomic E-state index is 12.8. The average Bonchev–Trinajstić information content (AvgIpc) is 3.06. The predicted molar refractivity (Wildman–Crippen MR) is 139 cm³/mol. The summed E-state index contributed by atoms with van der Waals surface area (Å²) in [5.74, 6) is -0.879. The maximum Gasteiger partial charge on any atom is 0.294 e. The third-order valence-corrected chi connectivity index (χ3v) is 7.32. The van der Waals surface area contributed by atoms with Crippen LogP contribution in [-0.4, -0.2) is 28.5 Å². The Kier molecular flexibility index (Phi) is 7.46. The number of carbonyl (C=O) groups is 3. The highest BCUT2D eigenvalue weighted by Gasteiger charge is 2.36. The van der Waals surface area contributed by atoms with Crippen LogP contribution >= 0.6 is 35.1 Å². The second kappa shape index (κ2) is 10.5. The van der Waals surface area contributed by atoms with Crippen LogP contribution in [0.25, 0.3) is 6.08 Å². The van der Waals surface area contributed by atoms with Gasteiger partial charge in [-0.05, 0) is 84.8 Å². The van der Waals surface area contributed by atoms with E-state index >= 15 is 0 Å². The highest BCUT2D eigenvalue weighted by atomic mass is 35.5. The Bertz CT molecular complexity index is 1270. The van der Waals surface area contributed by atoms with Gasteiger partial charge in [-0.1, -0.05) is 53.7 Å². The summed E-state index contributed by atoms with van der Waals surface area (Å²) in [5.41, 5.74) is 3.33. The lowest BCUT2D eigenvalue weighted by Crippen LogP contribution is -2.36. The van der Waals surface area contributed by atoms with E-state index in [1.54, 1.807) is 17.8 Å². The lowest BCUT2D eigenvalue weighted by Gasteiger charge is -2.15. The van der Waals surface area contributed by atoms with E-state index in [-0.39, 0.29) is 6.54 Å². The highest BCUT2D eigenvalue weighted by molar-refractivity contribution is 8.18. The largest absolute Gasteiger partial charge is 0.324 e. The van der Waals surface area contributed by atoms with Crippen LogP contribution in [0.1, 0.15) is 16.7 Å². The third kappa shape index (κ3) is 5.73. The van der Waals surface area contributed by atoms with Crippen LogP contribution < -0.4 is 5.32 Å². The Morgan fingerprint density at radius 2 is 1.56 bits per heavy atom. The maximum absolute atomic E-state index is 12.8. The van der Waals surface area contributed by atoms with Crippen molar-refractivity contribution in [3.8, 4) is 0 Å². The molecule has 3 amide bonds. The number of para-hydroxylation sites is 1. The molecule has 4 rings (SSSR count). The zero-order valence-corrected chi connectivity index (χ0v) is 20.9. The zero-order valence-electron chi connectivity index (χ0n) is 18.5. The molecule has 1 N–H and O–H groups in total. The number of benzene rings is 3. The third-order valence-electron chi connectivity index (χ3n) is 5.15. The van der Waals surface area contributed by atoms with Crippen LogP contribution in [0.3, 0.4) is 0 Å². The average molecular weight is 509 g/mol. The molecule has 0 bridgehead atoms. The van der Waals surface area contributed by atoms with Gasteiger partial charge in [0, 0.05) is 20.5 Å². The second-order valence-corrected chi connectivity index (χ2v) is 10.3. The summed E-state index contributed by atoms with van der Waals surface area (Å²) < 4.78 is 0. The van der Waals surface area contributed by atoms with E-state index in [9.17, 15) is 14.4 Å². The molecule has 5 nitrogen and oxygen atoms in total. The van der Waals surface area contributed by atoms with Crippen molar-refractivity contribution < 1.29 is 14.4 Å². The molecule has 1 saturated heterocycles. The zero-order chi connectivity index (χ0) is 24.2. The van der Waals surface area contributed by atoms with E-state index < -0.39 is 17.1 Å². The van der Waals surface area contributed by atoms with Crippen LogP contribution in [0.4, 0.5) is 10.5 Å². The summed E-state index contributed by atoms with van der Waals surface area (Å²) in [6.45, 7) is 3.46. The smallest absolute Gasteiger partial charge is 0.294 e. The minimum absolute atomic E-state index is 0.294. The quantitative estimate of drug-likeness (QED) is 0.371. The number of hydrogen-bond acceptors (Lipinski definition) is 5. The van der Waals surface area contributed by atoms with Gasteiger partial charge in [0.2, 0.25) is 5.91 Å². The fraction of sp³-hybridized carbons (Fsp3) is 0.115. The van der Waals surface area contributed by atoms with E-state index in [1.165, 1.54) is 0 Å². The minimum Gasteiger partial charge on any atom is -0.324 e. The van der Waals surface area contributed by atoms with Crippen LogP contribution in [0.2, 0.25) is 5.02 Å². The summed E-state index contributed by atoms with van der Waals surface area (Å²) >= 11 is 8.37. The first-order chi connectivity index (χ1) is 16.3. The topological polar surface area (TPSA) is 66.5 Å². The number of thioether (sulfide) groups is 1. The molecule has 3 aromatic carbocycles. The molecule has 1 aliphatic heterocycles. The number of carbonyl (C=O) groups excluding carboxylic acids is 3. The molecule has 172 valence electrons. The molecular formula is C26H21ClN2O3S2. The first-order valence-corrected chi connectivity index (χ1v) is 12.5. The number of hydrogen-bond donors (Lipinski definition) is 1. The van der Waals surface area contributed by atoms with Gasteiger partial charge in [-0.3, -0.25) is 19.3 Å². The molecule has 0 aliphatic carbocycles. The normalized spacial score (nSPS) is 14.7. The standard InChI is InChI=1S/C26H21ClN2O3S2/c1-16-4-3-5-17(2)24(16)28-23(30)15-29-25(31)22(34-26(29)32)14-18-6-10-20(11-7-18)33-21-12-8-19(27)9-13-21/h3-14H,15H2,1-2H3,(H,28,30)/b22-14-. The Morgan fingerprint density at radius 1 is 0.971 bits per heavy atom. The molecule has 1 heterocycles. The van der Waals surface area contributed by atoms with Crippen LogP contribution in [0.5, 0.6) is 0 Å². The van der Waals surface area contributed by atoms with E-state index in [0.29, 0.717) is 15.6 Å². The monoisotopic (exact) mass is 508 g/mol. The van der Waals surface area contributed by atoms with Crippen LogP contribution in [-0.2, 0) is 9.59 Å². The minimum atomic E-state index is -0.466. The van der Waals surface area contributed by atoms with E-state index in [2.05, 4.69) is 5.32 Å². The molecule has 0 radical (unpaired) electrons. The number of anilines is 1. The van der Waals surface area contributed by atoms with Crippen molar-refractivity contribution in [2.24, 2.45) is 0 Å². The number of aryl methyl sites for hydroxylation is 2. The molecule has 1 fully saturated rings. The van der Waals surface area contributed by atoms with Crippen LogP contribution in [0, 0.1) is 13.8 Å². The lowest BCUT2D eigenvalue weighted by molar-refractivity contribution is -0.127. The van der Waals surface area contributed by atoms with Crippen LogP contribution in [0.15, 0.2) is 81.4 Å². The molecule has 8 heteroatoms.